The van der Waals surface area contributed by atoms with E-state index in [1.54, 1.807) is 0 Å². The highest BCUT2D eigenvalue weighted by atomic mass is 16.5. The van der Waals surface area contributed by atoms with Gasteiger partial charge in [0.25, 0.3) is 5.91 Å². The molecule has 0 aliphatic carbocycles. The fraction of sp³-hybridized carbons (Fsp3) is 0.292. The number of ether oxygens (including phenoxy) is 1. The van der Waals surface area contributed by atoms with E-state index in [1.807, 2.05) is 60.4 Å². The minimum absolute atomic E-state index is 0.00688. The van der Waals surface area contributed by atoms with Crippen molar-refractivity contribution in [1.29, 1.82) is 0 Å². The second kappa shape index (κ2) is 9.47. The number of anilines is 3. The normalized spacial score (nSPS) is 13.7. The van der Waals surface area contributed by atoms with Crippen LogP contribution in [-0.2, 0) is 0 Å². The van der Waals surface area contributed by atoms with Gasteiger partial charge in [-0.3, -0.25) is 4.79 Å². The third kappa shape index (κ3) is 4.94. The van der Waals surface area contributed by atoms with Gasteiger partial charge in [-0.15, -0.1) is 10.2 Å². The molecule has 1 amide bonds. The molecule has 0 bridgehead atoms. The van der Waals surface area contributed by atoms with Gasteiger partial charge in [-0.05, 0) is 50.2 Å². The van der Waals surface area contributed by atoms with Crippen LogP contribution in [0.3, 0.4) is 0 Å². The third-order valence-corrected chi connectivity index (χ3v) is 5.28. The van der Waals surface area contributed by atoms with Crippen LogP contribution < -0.4 is 15.0 Å². The smallest absolute Gasteiger partial charge is 0.257 e. The lowest BCUT2D eigenvalue weighted by atomic mass is 10.1. The van der Waals surface area contributed by atoms with Gasteiger partial charge < -0.3 is 19.9 Å². The number of benzene rings is 2. The Kier molecular flexibility index (Phi) is 6.31. The van der Waals surface area contributed by atoms with Gasteiger partial charge in [0.2, 0.25) is 0 Å². The summed E-state index contributed by atoms with van der Waals surface area (Å²) in [5.41, 5.74) is 2.81. The van der Waals surface area contributed by atoms with Crippen LogP contribution in [-0.4, -0.2) is 53.8 Å². The number of carbonyl (C=O) groups excluding carboxylic acids is 1. The zero-order chi connectivity index (χ0) is 21.6. The lowest BCUT2D eigenvalue weighted by molar-refractivity contribution is 0.0742. The van der Waals surface area contributed by atoms with Crippen molar-refractivity contribution >= 4 is 23.2 Å². The van der Waals surface area contributed by atoms with Crippen LogP contribution >= 0.6 is 0 Å². The van der Waals surface area contributed by atoms with Crippen molar-refractivity contribution in [2.24, 2.45) is 0 Å². The second-order valence-electron chi connectivity index (χ2n) is 7.48. The van der Waals surface area contributed by atoms with E-state index in [1.165, 1.54) is 5.56 Å². The van der Waals surface area contributed by atoms with Gasteiger partial charge in [-0.2, -0.15) is 0 Å². The van der Waals surface area contributed by atoms with E-state index in [-0.39, 0.29) is 5.91 Å². The summed E-state index contributed by atoms with van der Waals surface area (Å²) in [7, 11) is 0. The minimum atomic E-state index is 0.00688. The summed E-state index contributed by atoms with van der Waals surface area (Å²) in [6.45, 7) is 7.19. The number of nitrogens with one attached hydrogen (secondary N) is 1. The molecule has 7 heteroatoms. The topological polar surface area (TPSA) is 70.6 Å². The van der Waals surface area contributed by atoms with E-state index in [0.717, 1.165) is 11.5 Å². The summed E-state index contributed by atoms with van der Waals surface area (Å²) in [5.74, 6) is 2.16. The molecule has 0 radical (unpaired) electrons. The summed E-state index contributed by atoms with van der Waals surface area (Å²) in [6.07, 6.45) is 0. The van der Waals surface area contributed by atoms with Crippen LogP contribution in [0.25, 0.3) is 0 Å². The predicted octanol–water partition coefficient (Wildman–Crippen LogP) is 3.89. The highest BCUT2D eigenvalue weighted by molar-refractivity contribution is 5.97. The fourth-order valence-electron chi connectivity index (χ4n) is 3.58. The highest BCUT2D eigenvalue weighted by Gasteiger charge is 2.25. The maximum atomic E-state index is 13.0. The van der Waals surface area contributed by atoms with Crippen LogP contribution in [0.5, 0.6) is 5.75 Å². The summed E-state index contributed by atoms with van der Waals surface area (Å²) < 4.78 is 5.62. The van der Waals surface area contributed by atoms with E-state index < -0.39 is 0 Å². The van der Waals surface area contributed by atoms with Crippen LogP contribution in [0.15, 0.2) is 60.7 Å². The van der Waals surface area contributed by atoms with E-state index >= 15 is 0 Å². The van der Waals surface area contributed by atoms with Crippen molar-refractivity contribution in [2.75, 3.05) is 43.0 Å². The van der Waals surface area contributed by atoms with E-state index in [4.69, 9.17) is 4.74 Å². The maximum Gasteiger partial charge on any atom is 0.257 e. The molecule has 1 aliphatic rings. The summed E-state index contributed by atoms with van der Waals surface area (Å²) in [4.78, 5) is 17.0. The fourth-order valence-corrected chi connectivity index (χ4v) is 3.58. The first-order valence-corrected chi connectivity index (χ1v) is 10.6. The number of hydrogen-bond donors (Lipinski definition) is 1. The number of aryl methyl sites for hydroxylation is 1. The molecule has 0 spiro atoms. The van der Waals surface area contributed by atoms with Crippen molar-refractivity contribution in [3.8, 4) is 5.75 Å². The molecule has 7 nitrogen and oxygen atoms in total. The van der Waals surface area contributed by atoms with Gasteiger partial charge in [0.05, 0.1) is 12.2 Å². The Morgan fingerprint density at radius 3 is 2.39 bits per heavy atom. The molecule has 0 unspecified atom stereocenters. The van der Waals surface area contributed by atoms with Gasteiger partial charge in [0.15, 0.2) is 11.6 Å². The van der Waals surface area contributed by atoms with Crippen molar-refractivity contribution in [1.82, 2.24) is 15.1 Å². The van der Waals surface area contributed by atoms with Gasteiger partial charge in [-0.1, -0.05) is 29.8 Å². The number of rotatable bonds is 6. The van der Waals surface area contributed by atoms with E-state index in [9.17, 15) is 4.79 Å². The Bertz CT molecular complexity index is 1010. The molecule has 1 aromatic heterocycles. The van der Waals surface area contributed by atoms with Crippen molar-refractivity contribution in [3.63, 3.8) is 0 Å². The molecule has 1 N–H and O–H groups in total. The number of piperazine rings is 1. The van der Waals surface area contributed by atoms with Gasteiger partial charge >= 0.3 is 0 Å². The Labute approximate surface area is 182 Å². The lowest BCUT2D eigenvalue weighted by Crippen LogP contribution is -2.49. The average Bonchev–Trinajstić information content (AvgIpc) is 2.81. The Morgan fingerprint density at radius 1 is 0.968 bits per heavy atom. The first-order chi connectivity index (χ1) is 15.1. The number of carbonyl (C=O) groups is 1. The standard InChI is InChI=1S/C24H27N5O2/c1-3-31-21-7-5-4-6-20(21)24(30)29-16-14-28(15-17-29)23-13-12-22(26-27-23)25-19-10-8-18(2)9-11-19/h4-13H,3,14-17H2,1-2H3,(H,25,26). The highest BCUT2D eigenvalue weighted by Crippen LogP contribution is 2.22. The third-order valence-electron chi connectivity index (χ3n) is 5.28. The monoisotopic (exact) mass is 417 g/mol. The maximum absolute atomic E-state index is 13.0. The molecule has 31 heavy (non-hydrogen) atoms. The average molecular weight is 418 g/mol. The van der Waals surface area contributed by atoms with Crippen LogP contribution in [0.1, 0.15) is 22.8 Å². The molecule has 4 rings (SSSR count). The van der Waals surface area contributed by atoms with E-state index in [0.29, 0.717) is 49.9 Å². The first-order valence-electron chi connectivity index (χ1n) is 10.6. The predicted molar refractivity (Wildman–Crippen MR) is 122 cm³/mol. The minimum Gasteiger partial charge on any atom is -0.493 e. The molecule has 2 aromatic carbocycles. The number of hydrogen-bond acceptors (Lipinski definition) is 6. The van der Waals surface area contributed by atoms with Crippen molar-refractivity contribution in [2.45, 2.75) is 13.8 Å². The van der Waals surface area contributed by atoms with Crippen LogP contribution in [0.2, 0.25) is 0 Å². The SMILES string of the molecule is CCOc1ccccc1C(=O)N1CCN(c2ccc(Nc3ccc(C)cc3)nn2)CC1. The van der Waals surface area contributed by atoms with Crippen LogP contribution in [0, 0.1) is 6.92 Å². The van der Waals surface area contributed by atoms with E-state index in [2.05, 4.69) is 39.5 Å². The molecule has 1 aliphatic heterocycles. The Morgan fingerprint density at radius 2 is 1.71 bits per heavy atom. The van der Waals surface area contributed by atoms with Gasteiger partial charge in [0, 0.05) is 31.9 Å². The zero-order valence-corrected chi connectivity index (χ0v) is 17.9. The number of nitrogens with zero attached hydrogens (tertiary/aromatic N) is 4. The Hall–Kier alpha value is -3.61. The van der Waals surface area contributed by atoms with Gasteiger partial charge in [0.1, 0.15) is 5.75 Å². The summed E-state index contributed by atoms with van der Waals surface area (Å²) >= 11 is 0. The van der Waals surface area contributed by atoms with Crippen molar-refractivity contribution in [3.05, 3.63) is 71.8 Å². The second-order valence-corrected chi connectivity index (χ2v) is 7.48. The largest absolute Gasteiger partial charge is 0.493 e. The van der Waals surface area contributed by atoms with Crippen LogP contribution in [0.4, 0.5) is 17.3 Å². The number of para-hydroxylation sites is 1. The molecular weight excluding hydrogens is 390 g/mol. The molecule has 0 saturated carbocycles. The number of aromatic nitrogens is 2. The molecular formula is C24H27N5O2. The molecule has 2 heterocycles. The van der Waals surface area contributed by atoms with Gasteiger partial charge in [-0.25, -0.2) is 0 Å². The number of amides is 1. The quantitative estimate of drug-likeness (QED) is 0.656. The molecule has 1 saturated heterocycles. The Balaban J connectivity index is 1.35. The summed E-state index contributed by atoms with van der Waals surface area (Å²) in [5, 5.41) is 11.9. The first kappa shape index (κ1) is 20.7. The zero-order valence-electron chi connectivity index (χ0n) is 17.9. The lowest BCUT2D eigenvalue weighted by Gasteiger charge is -2.35. The molecule has 1 fully saturated rings. The molecule has 160 valence electrons. The molecule has 3 aromatic rings. The molecule has 0 atom stereocenters. The summed E-state index contributed by atoms with van der Waals surface area (Å²) in [6, 6.07) is 19.5. The van der Waals surface area contributed by atoms with Crippen molar-refractivity contribution < 1.29 is 9.53 Å².